The number of methoxy groups -OCH3 is 1. The highest BCUT2D eigenvalue weighted by molar-refractivity contribution is 6.20. The summed E-state index contributed by atoms with van der Waals surface area (Å²) in [4.78, 5) is 47.9. The Kier molecular flexibility index (Phi) is 7.13. The van der Waals surface area contributed by atoms with E-state index in [1.54, 1.807) is 36.4 Å². The number of imidazole rings is 1. The monoisotopic (exact) mass is 594 g/mol. The molecule has 2 aromatic heterocycles. The number of benzene rings is 4. The Balaban J connectivity index is 1.18. The van der Waals surface area contributed by atoms with Crippen molar-refractivity contribution < 1.29 is 24.0 Å². The molecule has 0 saturated heterocycles. The molecule has 1 N–H and O–H groups in total. The normalized spacial score (nSPS) is 12.4. The molecule has 45 heavy (non-hydrogen) atoms. The fraction of sp³-hybridized carbons (Fsp3) is 0.0556. The Morgan fingerprint density at radius 3 is 2.09 bits per heavy atom. The summed E-state index contributed by atoms with van der Waals surface area (Å²) in [5.74, 6) is -0.604. The van der Waals surface area contributed by atoms with E-state index in [-0.39, 0.29) is 6.61 Å². The fourth-order valence-corrected chi connectivity index (χ4v) is 5.30. The number of amides is 2. The number of hydroxylamine groups is 2. The molecular weight excluding hydrogens is 568 g/mol. The molecule has 0 bridgehead atoms. The fourth-order valence-electron chi connectivity index (χ4n) is 5.30. The zero-order chi connectivity index (χ0) is 30.9. The largest absolute Gasteiger partial charge is 0.465 e. The zero-order valence-electron chi connectivity index (χ0n) is 24.1. The third-order valence-corrected chi connectivity index (χ3v) is 7.65. The van der Waals surface area contributed by atoms with Crippen LogP contribution < -0.4 is 5.32 Å². The molecule has 7 rings (SSSR count). The van der Waals surface area contributed by atoms with Crippen LogP contribution in [0.5, 0.6) is 0 Å². The molecule has 2 amide bonds. The van der Waals surface area contributed by atoms with Crippen molar-refractivity contribution in [3.8, 4) is 22.4 Å². The van der Waals surface area contributed by atoms with Gasteiger partial charge in [-0.2, -0.15) is 0 Å². The summed E-state index contributed by atoms with van der Waals surface area (Å²) in [7, 11) is 1.35. The average molecular weight is 595 g/mol. The Hall–Kier alpha value is -6.06. The minimum atomic E-state index is -0.470. The van der Waals surface area contributed by atoms with Crippen LogP contribution in [-0.4, -0.2) is 39.3 Å². The predicted molar refractivity (Wildman–Crippen MR) is 169 cm³/mol. The summed E-state index contributed by atoms with van der Waals surface area (Å²) in [6.45, 7) is 0.0367. The number of pyridine rings is 1. The Morgan fingerprint density at radius 2 is 1.42 bits per heavy atom. The van der Waals surface area contributed by atoms with Gasteiger partial charge in [0, 0.05) is 17.4 Å². The summed E-state index contributed by atoms with van der Waals surface area (Å²) < 4.78 is 6.81. The van der Waals surface area contributed by atoms with Crippen molar-refractivity contribution in [2.75, 3.05) is 12.4 Å². The van der Waals surface area contributed by atoms with E-state index < -0.39 is 17.8 Å². The van der Waals surface area contributed by atoms with Crippen LogP contribution in [0.2, 0.25) is 0 Å². The molecule has 6 aromatic rings. The maximum Gasteiger partial charge on any atom is 0.337 e. The summed E-state index contributed by atoms with van der Waals surface area (Å²) in [5.41, 5.74) is 7.09. The van der Waals surface area contributed by atoms with E-state index in [0.717, 1.165) is 44.5 Å². The number of carbonyl (C=O) groups excluding carboxylic acids is 3. The first-order valence-corrected chi connectivity index (χ1v) is 14.2. The lowest BCUT2D eigenvalue weighted by Gasteiger charge is -2.13. The van der Waals surface area contributed by atoms with Crippen LogP contribution in [0.15, 0.2) is 121 Å². The maximum atomic E-state index is 12.7. The predicted octanol–water partition coefficient (Wildman–Crippen LogP) is 6.93. The number of imide groups is 1. The standard InChI is InChI=1S/C36H26N4O5/c1-44-36(43)26-15-17-28(18-16-26)37-33-32(38-31-21-27(19-20-39(31)33)24-7-3-2-4-8-24)25-13-11-23(12-14-25)22-45-40-34(41)29-9-5-6-10-30(29)35(40)42/h2-21,37H,22H2,1H3. The molecule has 1 aliphatic rings. The van der Waals surface area contributed by atoms with Crippen molar-refractivity contribution in [3.05, 3.63) is 144 Å². The van der Waals surface area contributed by atoms with Crippen LogP contribution in [-0.2, 0) is 16.2 Å². The molecule has 0 saturated carbocycles. The van der Waals surface area contributed by atoms with Gasteiger partial charge in [0.1, 0.15) is 23.8 Å². The van der Waals surface area contributed by atoms with Crippen molar-refractivity contribution in [1.82, 2.24) is 14.4 Å². The number of fused-ring (bicyclic) bond motifs is 2. The van der Waals surface area contributed by atoms with Crippen LogP contribution >= 0.6 is 0 Å². The van der Waals surface area contributed by atoms with Gasteiger partial charge in [0.15, 0.2) is 0 Å². The van der Waals surface area contributed by atoms with Crippen LogP contribution in [0.4, 0.5) is 11.5 Å². The molecule has 1 aliphatic heterocycles. The van der Waals surface area contributed by atoms with Crippen molar-refractivity contribution in [3.63, 3.8) is 0 Å². The molecule has 9 heteroatoms. The highest BCUT2D eigenvalue weighted by Crippen LogP contribution is 2.33. The molecule has 220 valence electrons. The minimum absolute atomic E-state index is 0.0367. The van der Waals surface area contributed by atoms with Gasteiger partial charge >= 0.3 is 5.97 Å². The Bertz CT molecular complexity index is 2030. The number of nitrogens with zero attached hydrogens (tertiary/aromatic N) is 3. The molecule has 0 radical (unpaired) electrons. The van der Waals surface area contributed by atoms with Gasteiger partial charge in [0.25, 0.3) is 11.8 Å². The number of rotatable bonds is 8. The lowest BCUT2D eigenvalue weighted by atomic mass is 10.1. The summed E-state index contributed by atoms with van der Waals surface area (Å²) >= 11 is 0. The highest BCUT2D eigenvalue weighted by Gasteiger charge is 2.36. The number of nitrogens with one attached hydrogen (secondary N) is 1. The quantitative estimate of drug-likeness (QED) is 0.151. The van der Waals surface area contributed by atoms with Gasteiger partial charge in [-0.1, -0.05) is 66.7 Å². The summed E-state index contributed by atoms with van der Waals surface area (Å²) in [6.07, 6.45) is 1.98. The molecule has 0 aliphatic carbocycles. The number of hydrogen-bond acceptors (Lipinski definition) is 7. The molecule has 4 aromatic carbocycles. The second-order valence-electron chi connectivity index (χ2n) is 10.4. The van der Waals surface area contributed by atoms with E-state index in [1.807, 2.05) is 77.3 Å². The molecule has 3 heterocycles. The number of aromatic nitrogens is 2. The second kappa shape index (κ2) is 11.6. The molecule has 0 unspecified atom stereocenters. The van der Waals surface area contributed by atoms with Crippen LogP contribution in [0.25, 0.3) is 28.0 Å². The number of hydrogen-bond donors (Lipinski definition) is 1. The Labute approximate surface area is 258 Å². The van der Waals surface area contributed by atoms with Gasteiger partial charge in [0.2, 0.25) is 0 Å². The molecular formula is C36H26N4O5. The van der Waals surface area contributed by atoms with Gasteiger partial charge in [0.05, 0.1) is 23.8 Å². The summed E-state index contributed by atoms with van der Waals surface area (Å²) in [5, 5.41) is 4.29. The zero-order valence-corrected chi connectivity index (χ0v) is 24.1. The van der Waals surface area contributed by atoms with Crippen molar-refractivity contribution in [1.29, 1.82) is 0 Å². The Morgan fingerprint density at radius 1 is 0.756 bits per heavy atom. The van der Waals surface area contributed by atoms with E-state index in [4.69, 9.17) is 14.6 Å². The van der Waals surface area contributed by atoms with Gasteiger partial charge in [-0.05, 0) is 65.2 Å². The van der Waals surface area contributed by atoms with E-state index in [1.165, 1.54) is 7.11 Å². The minimum Gasteiger partial charge on any atom is -0.465 e. The van der Waals surface area contributed by atoms with Crippen molar-refractivity contribution in [2.24, 2.45) is 0 Å². The third kappa shape index (κ3) is 5.21. The first-order valence-electron chi connectivity index (χ1n) is 14.2. The van der Waals surface area contributed by atoms with E-state index in [9.17, 15) is 14.4 Å². The van der Waals surface area contributed by atoms with Crippen molar-refractivity contribution >= 4 is 34.9 Å². The third-order valence-electron chi connectivity index (χ3n) is 7.65. The number of carbonyl (C=O) groups is 3. The summed E-state index contributed by atoms with van der Waals surface area (Å²) in [6, 6.07) is 35.5. The number of anilines is 2. The number of ether oxygens (including phenoxy) is 1. The average Bonchev–Trinajstić information content (AvgIpc) is 3.57. The molecule has 0 spiro atoms. The second-order valence-corrected chi connectivity index (χ2v) is 10.4. The number of esters is 1. The van der Waals surface area contributed by atoms with Gasteiger partial charge in [-0.3, -0.25) is 18.8 Å². The smallest absolute Gasteiger partial charge is 0.337 e. The van der Waals surface area contributed by atoms with Crippen LogP contribution in [0.3, 0.4) is 0 Å². The lowest BCUT2D eigenvalue weighted by molar-refractivity contribution is -0.101. The van der Waals surface area contributed by atoms with Gasteiger partial charge in [-0.25, -0.2) is 9.78 Å². The SMILES string of the molecule is COC(=O)c1ccc(Nc2c(-c3ccc(CON4C(=O)c5ccccc5C4=O)cc3)nc3cc(-c4ccccc4)ccn23)cc1. The molecule has 0 atom stereocenters. The van der Waals surface area contributed by atoms with Gasteiger partial charge < -0.3 is 10.1 Å². The first kappa shape index (κ1) is 27.8. The lowest BCUT2D eigenvalue weighted by Crippen LogP contribution is -2.29. The van der Waals surface area contributed by atoms with Crippen LogP contribution in [0.1, 0.15) is 36.6 Å². The van der Waals surface area contributed by atoms with Crippen LogP contribution in [0, 0.1) is 0 Å². The van der Waals surface area contributed by atoms with E-state index >= 15 is 0 Å². The van der Waals surface area contributed by atoms with E-state index in [2.05, 4.69) is 17.4 Å². The maximum absolute atomic E-state index is 12.7. The highest BCUT2D eigenvalue weighted by atomic mass is 16.7. The topological polar surface area (TPSA) is 102 Å². The van der Waals surface area contributed by atoms with E-state index in [0.29, 0.717) is 22.4 Å². The molecule has 9 nitrogen and oxygen atoms in total. The van der Waals surface area contributed by atoms with Gasteiger partial charge in [-0.15, -0.1) is 5.06 Å². The van der Waals surface area contributed by atoms with Crippen molar-refractivity contribution in [2.45, 2.75) is 6.61 Å². The molecule has 0 fully saturated rings. The first-order chi connectivity index (χ1) is 22.0.